The maximum atomic E-state index is 12.3. The number of methoxy groups -OCH3 is 1. The number of hydrogen-bond acceptors (Lipinski definition) is 5. The average molecular weight is 406 g/mol. The quantitative estimate of drug-likeness (QED) is 0.486. The highest BCUT2D eigenvalue weighted by Gasteiger charge is 2.15. The van der Waals surface area contributed by atoms with E-state index in [9.17, 15) is 9.90 Å². The molecule has 0 aromatic heterocycles. The molecule has 0 saturated heterocycles. The molecule has 25 heavy (non-hydrogen) atoms. The van der Waals surface area contributed by atoms with Crippen LogP contribution in [-0.2, 0) is 4.79 Å². The molecule has 0 aliphatic carbocycles. The van der Waals surface area contributed by atoms with Crippen molar-refractivity contribution in [1.29, 1.82) is 0 Å². The molecule has 0 unspecified atom stereocenters. The summed E-state index contributed by atoms with van der Waals surface area (Å²) >= 11 is 3.38. The Hall–Kier alpha value is -2.54. The molecule has 0 saturated carbocycles. The first-order chi connectivity index (χ1) is 12.0. The topological polar surface area (TPSA) is 83.0 Å². The fraction of sp³-hybridized carbons (Fsp3) is 0.222. The number of hydrogen-bond donors (Lipinski definition) is 3. The summed E-state index contributed by atoms with van der Waals surface area (Å²) in [5.41, 5.74) is 4.08. The van der Waals surface area contributed by atoms with Gasteiger partial charge in [0.25, 0.3) is 5.91 Å². The third-order valence-corrected chi connectivity index (χ3v) is 4.03. The van der Waals surface area contributed by atoms with E-state index in [0.29, 0.717) is 17.7 Å². The highest BCUT2D eigenvalue weighted by Crippen LogP contribution is 2.25. The van der Waals surface area contributed by atoms with Crippen molar-refractivity contribution in [1.82, 2.24) is 5.43 Å². The number of rotatable bonds is 7. The number of anilines is 1. The summed E-state index contributed by atoms with van der Waals surface area (Å²) in [6, 6.07) is 12.0. The van der Waals surface area contributed by atoms with Gasteiger partial charge in [0.15, 0.2) is 11.5 Å². The van der Waals surface area contributed by atoms with Crippen LogP contribution < -0.4 is 15.5 Å². The Morgan fingerprint density at radius 3 is 2.68 bits per heavy atom. The fourth-order valence-electron chi connectivity index (χ4n) is 2.12. The fourth-order valence-corrected chi connectivity index (χ4v) is 2.39. The number of nitrogens with one attached hydrogen (secondary N) is 2. The summed E-state index contributed by atoms with van der Waals surface area (Å²) in [6.07, 6.45) is 2.11. The number of halogens is 1. The van der Waals surface area contributed by atoms with E-state index in [0.717, 1.165) is 10.2 Å². The van der Waals surface area contributed by atoms with E-state index < -0.39 is 6.04 Å². The van der Waals surface area contributed by atoms with Crippen LogP contribution in [0.25, 0.3) is 0 Å². The minimum absolute atomic E-state index is 0.0495. The van der Waals surface area contributed by atoms with Gasteiger partial charge >= 0.3 is 0 Å². The van der Waals surface area contributed by atoms with Crippen molar-refractivity contribution in [2.24, 2.45) is 5.10 Å². The van der Waals surface area contributed by atoms with Crippen LogP contribution in [0.5, 0.6) is 11.5 Å². The van der Waals surface area contributed by atoms with Gasteiger partial charge in [0.1, 0.15) is 6.04 Å². The molecular formula is C18H20BrN3O3. The van der Waals surface area contributed by atoms with Crippen LogP contribution in [0, 0.1) is 0 Å². The van der Waals surface area contributed by atoms with E-state index in [2.05, 4.69) is 31.8 Å². The highest BCUT2D eigenvalue weighted by atomic mass is 79.9. The molecule has 2 rings (SSSR count). The van der Waals surface area contributed by atoms with Crippen molar-refractivity contribution in [3.63, 3.8) is 0 Å². The van der Waals surface area contributed by atoms with E-state index in [1.165, 1.54) is 19.4 Å². The van der Waals surface area contributed by atoms with E-state index >= 15 is 0 Å². The van der Waals surface area contributed by atoms with Gasteiger partial charge in [-0.15, -0.1) is 0 Å². The summed E-state index contributed by atoms with van der Waals surface area (Å²) in [6.45, 7) is 1.92. The van der Waals surface area contributed by atoms with Gasteiger partial charge in [-0.25, -0.2) is 5.43 Å². The number of amides is 1. The number of aromatic hydroxyl groups is 1. The van der Waals surface area contributed by atoms with Crippen LogP contribution in [0.15, 0.2) is 52.0 Å². The molecular weight excluding hydrogens is 386 g/mol. The molecule has 0 bridgehead atoms. The van der Waals surface area contributed by atoms with Gasteiger partial charge in [-0.2, -0.15) is 5.10 Å². The minimum Gasteiger partial charge on any atom is -0.504 e. The van der Waals surface area contributed by atoms with Crippen LogP contribution in [0.4, 0.5) is 5.69 Å². The maximum absolute atomic E-state index is 12.3. The number of benzene rings is 2. The predicted octanol–water partition coefficient (Wildman–Crippen LogP) is 3.50. The molecule has 3 N–H and O–H groups in total. The van der Waals surface area contributed by atoms with Crippen molar-refractivity contribution in [2.75, 3.05) is 12.4 Å². The SMILES string of the molecule is CC[C@H](Nc1ccc(Br)cc1)C(=O)N/N=C\c1ccc(O)c(OC)c1. The zero-order chi connectivity index (χ0) is 18.2. The summed E-state index contributed by atoms with van der Waals surface area (Å²) in [7, 11) is 1.47. The molecule has 1 amide bonds. The number of nitrogens with zero attached hydrogens (tertiary/aromatic N) is 1. The second kappa shape index (κ2) is 9.08. The smallest absolute Gasteiger partial charge is 0.262 e. The predicted molar refractivity (Wildman–Crippen MR) is 102 cm³/mol. The number of phenolic OH excluding ortho intramolecular Hbond substituents is 1. The van der Waals surface area contributed by atoms with Gasteiger partial charge in [0.2, 0.25) is 0 Å². The molecule has 2 aromatic carbocycles. The van der Waals surface area contributed by atoms with Gasteiger partial charge in [0, 0.05) is 10.2 Å². The molecule has 1 atom stereocenters. The lowest BCUT2D eigenvalue weighted by atomic mass is 10.2. The Morgan fingerprint density at radius 1 is 1.32 bits per heavy atom. The molecule has 0 heterocycles. The molecule has 0 aliphatic heterocycles. The first kappa shape index (κ1) is 18.8. The molecule has 2 aromatic rings. The standard InChI is InChI=1S/C18H20BrN3O3/c1-3-15(21-14-7-5-13(19)6-8-14)18(24)22-20-11-12-4-9-16(23)17(10-12)25-2/h4-11,15,21,23H,3H2,1-2H3,(H,22,24)/b20-11-/t15-/m0/s1. The van der Waals surface area contributed by atoms with Crippen molar-refractivity contribution in [2.45, 2.75) is 19.4 Å². The van der Waals surface area contributed by atoms with Crippen LogP contribution in [0.3, 0.4) is 0 Å². The van der Waals surface area contributed by atoms with Gasteiger partial charge in [-0.3, -0.25) is 4.79 Å². The zero-order valence-corrected chi connectivity index (χ0v) is 15.6. The third kappa shape index (κ3) is 5.49. The first-order valence-corrected chi connectivity index (χ1v) is 8.54. The maximum Gasteiger partial charge on any atom is 0.262 e. The van der Waals surface area contributed by atoms with Crippen LogP contribution in [0.2, 0.25) is 0 Å². The molecule has 0 radical (unpaired) electrons. The summed E-state index contributed by atoms with van der Waals surface area (Å²) < 4.78 is 6.01. The first-order valence-electron chi connectivity index (χ1n) is 7.75. The normalized spacial score (nSPS) is 12.0. The monoisotopic (exact) mass is 405 g/mol. The molecule has 0 fully saturated rings. The van der Waals surface area contributed by atoms with E-state index in [4.69, 9.17) is 4.74 Å². The van der Waals surface area contributed by atoms with E-state index in [-0.39, 0.29) is 11.7 Å². The third-order valence-electron chi connectivity index (χ3n) is 3.50. The summed E-state index contributed by atoms with van der Waals surface area (Å²) in [4.78, 5) is 12.3. The molecule has 0 aliphatic rings. The van der Waals surface area contributed by atoms with Crippen LogP contribution >= 0.6 is 15.9 Å². The highest BCUT2D eigenvalue weighted by molar-refractivity contribution is 9.10. The van der Waals surface area contributed by atoms with Crippen molar-refractivity contribution >= 4 is 33.7 Å². The average Bonchev–Trinajstić information content (AvgIpc) is 2.62. The Kier molecular flexibility index (Phi) is 6.82. The molecule has 7 heteroatoms. The zero-order valence-electron chi connectivity index (χ0n) is 14.0. The van der Waals surface area contributed by atoms with Gasteiger partial charge in [-0.05, 0) is 54.4 Å². The lowest BCUT2D eigenvalue weighted by molar-refractivity contribution is -0.121. The Morgan fingerprint density at radius 2 is 2.04 bits per heavy atom. The van der Waals surface area contributed by atoms with Crippen LogP contribution in [-0.4, -0.2) is 30.4 Å². The van der Waals surface area contributed by atoms with E-state index in [1.807, 2.05) is 31.2 Å². The number of carbonyl (C=O) groups excluding carboxylic acids is 1. The van der Waals surface area contributed by atoms with Gasteiger partial charge in [0.05, 0.1) is 13.3 Å². The Bertz CT molecular complexity index is 748. The lowest BCUT2D eigenvalue weighted by Crippen LogP contribution is -2.36. The number of hydrazone groups is 1. The largest absolute Gasteiger partial charge is 0.504 e. The van der Waals surface area contributed by atoms with Gasteiger partial charge < -0.3 is 15.2 Å². The van der Waals surface area contributed by atoms with Crippen molar-refractivity contribution < 1.29 is 14.6 Å². The van der Waals surface area contributed by atoms with Crippen molar-refractivity contribution in [3.05, 3.63) is 52.5 Å². The summed E-state index contributed by atoms with van der Waals surface area (Å²) in [5, 5.41) is 16.7. The lowest BCUT2D eigenvalue weighted by Gasteiger charge is -2.16. The number of ether oxygens (including phenoxy) is 1. The number of carbonyl (C=O) groups is 1. The van der Waals surface area contributed by atoms with Gasteiger partial charge in [-0.1, -0.05) is 22.9 Å². The van der Waals surface area contributed by atoms with E-state index in [1.54, 1.807) is 12.1 Å². The Labute approximate surface area is 155 Å². The minimum atomic E-state index is -0.396. The second-order valence-corrected chi connectivity index (χ2v) is 6.19. The number of phenols is 1. The van der Waals surface area contributed by atoms with Crippen LogP contribution in [0.1, 0.15) is 18.9 Å². The molecule has 132 valence electrons. The Balaban J connectivity index is 1.96. The summed E-state index contributed by atoms with van der Waals surface area (Å²) in [5.74, 6) is 0.166. The molecule has 0 spiro atoms. The van der Waals surface area contributed by atoms with Crippen molar-refractivity contribution in [3.8, 4) is 11.5 Å². The molecule has 6 nitrogen and oxygen atoms in total. The second-order valence-electron chi connectivity index (χ2n) is 5.28.